The molecule has 0 heterocycles. The zero-order valence-electron chi connectivity index (χ0n) is 18.9. The topological polar surface area (TPSA) is 24.4 Å². The Labute approximate surface area is 210 Å². The molecular weight excluding hydrogens is 474 g/mol. The molecule has 0 unspecified atom stereocenters. The van der Waals surface area contributed by atoms with Gasteiger partial charge in [0, 0.05) is 26.6 Å². The van der Waals surface area contributed by atoms with Crippen molar-refractivity contribution < 1.29 is 4.39 Å². The van der Waals surface area contributed by atoms with Crippen molar-refractivity contribution >= 4 is 51.6 Å². The maximum absolute atomic E-state index is 14.4. The van der Waals surface area contributed by atoms with E-state index in [-0.39, 0.29) is 5.82 Å². The van der Waals surface area contributed by atoms with Crippen LogP contribution in [0.15, 0.2) is 138 Å². The summed E-state index contributed by atoms with van der Waals surface area (Å²) in [6.07, 6.45) is 0. The molecule has 0 saturated carbocycles. The summed E-state index contributed by atoms with van der Waals surface area (Å²) >= 11 is 6.06. The minimum absolute atomic E-state index is 0.330. The van der Waals surface area contributed by atoms with Gasteiger partial charge in [-0.15, -0.1) is 0 Å². The smallest absolute Gasteiger partial charge is 0.125 e. The highest BCUT2D eigenvalue weighted by Gasteiger charge is 2.27. The van der Waals surface area contributed by atoms with Crippen molar-refractivity contribution in [3.05, 3.63) is 144 Å². The first-order valence-corrected chi connectivity index (χ1v) is 13.4. The minimum Gasteiger partial charge on any atom is -0.354 e. The normalized spacial score (nSPS) is 11.1. The Hall–Kier alpha value is -3.65. The van der Waals surface area contributed by atoms with Crippen molar-refractivity contribution in [3.8, 4) is 0 Å². The van der Waals surface area contributed by atoms with Crippen LogP contribution in [0.1, 0.15) is 0 Å². The van der Waals surface area contributed by atoms with Gasteiger partial charge >= 0.3 is 0 Å². The molecule has 0 atom stereocenters. The molecule has 172 valence electrons. The maximum atomic E-state index is 14.4. The second kappa shape index (κ2) is 10.3. The lowest BCUT2D eigenvalue weighted by Crippen LogP contribution is -2.25. The van der Waals surface area contributed by atoms with E-state index < -0.39 is 7.05 Å². The highest BCUT2D eigenvalue weighted by Crippen LogP contribution is 2.50. The molecule has 0 spiro atoms. The average molecular weight is 497 g/mol. The van der Waals surface area contributed by atoms with Crippen LogP contribution in [-0.2, 0) is 0 Å². The van der Waals surface area contributed by atoms with Gasteiger partial charge in [0.25, 0.3) is 0 Å². The van der Waals surface area contributed by atoms with Crippen LogP contribution in [-0.4, -0.2) is 0 Å². The van der Waals surface area contributed by atoms with E-state index in [1.165, 1.54) is 12.1 Å². The monoisotopic (exact) mass is 496 g/mol. The third-order valence-corrected chi connectivity index (χ3v) is 9.63. The zero-order valence-corrected chi connectivity index (χ0v) is 20.5. The molecule has 5 aromatic rings. The number of hydrogen-bond donors (Lipinski definition) is 1. The molecule has 0 radical (unpaired) electrons. The van der Waals surface area contributed by atoms with Gasteiger partial charge in [-0.25, -0.2) is 4.39 Å². The lowest BCUT2D eigenvalue weighted by molar-refractivity contribution is 0.628. The molecule has 0 saturated heterocycles. The molecule has 0 aliphatic rings. The van der Waals surface area contributed by atoms with E-state index in [9.17, 15) is 4.39 Å². The molecule has 2 nitrogen and oxygen atoms in total. The van der Waals surface area contributed by atoms with Gasteiger partial charge in [-0.05, 0) is 42.5 Å². The fourth-order valence-electron chi connectivity index (χ4n) is 4.10. The molecule has 0 aromatic heterocycles. The van der Waals surface area contributed by atoms with Crippen molar-refractivity contribution in [1.29, 1.82) is 0 Å². The van der Waals surface area contributed by atoms with Crippen molar-refractivity contribution in [2.24, 2.45) is 4.74 Å². The van der Waals surface area contributed by atoms with E-state index in [4.69, 9.17) is 16.3 Å². The van der Waals surface area contributed by atoms with Gasteiger partial charge in [-0.3, -0.25) is 4.74 Å². The van der Waals surface area contributed by atoms with Gasteiger partial charge in [0.05, 0.1) is 18.4 Å². The summed E-state index contributed by atoms with van der Waals surface area (Å²) in [6.45, 7) is 0. The second-order valence-corrected chi connectivity index (χ2v) is 11.5. The Bertz CT molecular complexity index is 1370. The number of rotatable bonds is 6. The summed E-state index contributed by atoms with van der Waals surface area (Å²) in [5.41, 5.74) is 2.09. The molecule has 0 amide bonds. The second-order valence-electron chi connectivity index (χ2n) is 8.04. The Kier molecular flexibility index (Phi) is 6.81. The predicted molar refractivity (Wildman–Crippen MR) is 148 cm³/mol. The Morgan fingerprint density at radius 3 is 1.57 bits per heavy atom. The lowest BCUT2D eigenvalue weighted by Gasteiger charge is -2.27. The third-order valence-electron chi connectivity index (χ3n) is 5.73. The van der Waals surface area contributed by atoms with Gasteiger partial charge in [0.15, 0.2) is 0 Å². The van der Waals surface area contributed by atoms with Crippen molar-refractivity contribution in [1.82, 2.24) is 0 Å². The van der Waals surface area contributed by atoms with Crippen LogP contribution in [0.25, 0.3) is 0 Å². The molecular formula is C30H23ClFN2P. The number of benzene rings is 5. The molecule has 0 bridgehead atoms. The summed E-state index contributed by atoms with van der Waals surface area (Å²) in [7, 11) is -2.49. The quantitative estimate of drug-likeness (QED) is 0.236. The number of halogens is 2. The third kappa shape index (κ3) is 4.93. The fourth-order valence-corrected chi connectivity index (χ4v) is 7.77. The first-order chi connectivity index (χ1) is 17.1. The molecule has 5 heteroatoms. The molecule has 35 heavy (non-hydrogen) atoms. The zero-order chi connectivity index (χ0) is 24.1. The van der Waals surface area contributed by atoms with Gasteiger partial charge in [0.1, 0.15) is 5.82 Å². The Morgan fingerprint density at radius 2 is 1.09 bits per heavy atom. The number of nitrogens with one attached hydrogen (secondary N) is 1. The van der Waals surface area contributed by atoms with Gasteiger partial charge in [-0.1, -0.05) is 103 Å². The molecule has 0 aliphatic heterocycles. The van der Waals surface area contributed by atoms with Crippen LogP contribution in [0.5, 0.6) is 0 Å². The standard InChI is InChI=1S/C30H23ClFN2P/c31-23-16-19-25(20-17-23)33-30-22-24(32)18-21-29(30)34-35(26-10-4-1-5-11-26,27-12-6-2-7-13-27)28-14-8-3-9-15-28/h1-22,33H. The van der Waals surface area contributed by atoms with Crippen LogP contribution in [0, 0.1) is 5.82 Å². The van der Waals surface area contributed by atoms with Crippen LogP contribution in [0.3, 0.4) is 0 Å². The highest BCUT2D eigenvalue weighted by molar-refractivity contribution is 7.87. The number of anilines is 2. The summed E-state index contributed by atoms with van der Waals surface area (Å²) in [5, 5.41) is 7.36. The van der Waals surface area contributed by atoms with E-state index in [1.54, 1.807) is 18.2 Å². The summed E-state index contributed by atoms with van der Waals surface area (Å²) < 4.78 is 19.9. The highest BCUT2D eigenvalue weighted by atomic mass is 35.5. The molecule has 5 aromatic carbocycles. The van der Waals surface area contributed by atoms with Gasteiger partial charge in [-0.2, -0.15) is 0 Å². The van der Waals surface area contributed by atoms with E-state index in [1.807, 2.05) is 66.7 Å². The first kappa shape index (κ1) is 23.1. The van der Waals surface area contributed by atoms with E-state index >= 15 is 0 Å². The van der Waals surface area contributed by atoms with Gasteiger partial charge in [0.2, 0.25) is 0 Å². The maximum Gasteiger partial charge on any atom is 0.125 e. The van der Waals surface area contributed by atoms with Crippen LogP contribution in [0.4, 0.5) is 21.5 Å². The summed E-state index contributed by atoms with van der Waals surface area (Å²) in [5.74, 6) is -0.330. The van der Waals surface area contributed by atoms with E-state index in [0.29, 0.717) is 16.4 Å². The van der Waals surface area contributed by atoms with Crippen LogP contribution >= 0.6 is 18.7 Å². The molecule has 5 rings (SSSR count). The van der Waals surface area contributed by atoms with E-state index in [0.717, 1.165) is 21.6 Å². The fraction of sp³-hybridized carbons (Fsp3) is 0. The number of nitrogens with zero attached hydrogens (tertiary/aromatic N) is 1. The summed E-state index contributed by atoms with van der Waals surface area (Å²) in [4.78, 5) is 0. The lowest BCUT2D eigenvalue weighted by atomic mass is 10.2. The van der Waals surface area contributed by atoms with Gasteiger partial charge < -0.3 is 5.32 Å². The van der Waals surface area contributed by atoms with Crippen LogP contribution in [0.2, 0.25) is 5.02 Å². The molecule has 1 N–H and O–H groups in total. The Balaban J connectivity index is 1.81. The van der Waals surface area contributed by atoms with Crippen molar-refractivity contribution in [3.63, 3.8) is 0 Å². The Morgan fingerprint density at radius 1 is 0.600 bits per heavy atom. The van der Waals surface area contributed by atoms with Crippen LogP contribution < -0.4 is 21.2 Å². The number of hydrogen-bond acceptors (Lipinski definition) is 2. The van der Waals surface area contributed by atoms with Crippen molar-refractivity contribution in [2.75, 3.05) is 5.32 Å². The van der Waals surface area contributed by atoms with Crippen molar-refractivity contribution in [2.45, 2.75) is 0 Å². The predicted octanol–water partition coefficient (Wildman–Crippen LogP) is 8.03. The summed E-state index contributed by atoms with van der Waals surface area (Å²) in [6, 6.07) is 43.1. The van der Waals surface area contributed by atoms with E-state index in [2.05, 4.69) is 41.7 Å². The molecule has 0 aliphatic carbocycles. The first-order valence-electron chi connectivity index (χ1n) is 11.3. The SMILES string of the molecule is Fc1ccc(N=P(c2ccccc2)(c2ccccc2)c2ccccc2)c(Nc2ccc(Cl)cc2)c1. The largest absolute Gasteiger partial charge is 0.354 e. The molecule has 0 fully saturated rings. The minimum atomic E-state index is -2.49. The average Bonchev–Trinajstić information content (AvgIpc) is 2.91.